The van der Waals surface area contributed by atoms with Gasteiger partial charge in [0.15, 0.2) is 0 Å². The van der Waals surface area contributed by atoms with Crippen LogP contribution in [0.15, 0.2) is 41.7 Å². The molecule has 0 radical (unpaired) electrons. The van der Waals surface area contributed by atoms with E-state index >= 15 is 0 Å². The van der Waals surface area contributed by atoms with E-state index in [1.807, 2.05) is 35.2 Å². The molecule has 0 fully saturated rings. The first-order valence-electron chi connectivity index (χ1n) is 9.34. The SMILES string of the molecule is C=C(CCSSc1ccccn1)NCCCCCCCP(=C)(C)CC. The minimum atomic E-state index is -0.813. The van der Waals surface area contributed by atoms with Gasteiger partial charge in [0, 0.05) is 24.2 Å². The lowest BCUT2D eigenvalue weighted by molar-refractivity contribution is 0.609. The molecule has 1 atom stereocenters. The molecule has 0 amide bonds. The molecule has 1 N–H and O–H groups in total. The van der Waals surface area contributed by atoms with Crippen LogP contribution in [0.3, 0.4) is 0 Å². The Morgan fingerprint density at radius 1 is 1.20 bits per heavy atom. The Morgan fingerprint density at radius 3 is 2.68 bits per heavy atom. The van der Waals surface area contributed by atoms with Crippen LogP contribution in [0.4, 0.5) is 0 Å². The standard InChI is InChI=1S/C20H35N2PS2/c1-5-23(3,4)17-12-8-6-7-10-15-21-19(2)14-18-24-25-20-13-9-11-16-22-20/h9,11,13,16,21H,2-3,5-8,10,12,14-15,17-18H2,1,4H3. The number of hydrogen-bond donors (Lipinski definition) is 1. The first kappa shape index (κ1) is 22.7. The van der Waals surface area contributed by atoms with Crippen LogP contribution in [0.5, 0.6) is 0 Å². The minimum Gasteiger partial charge on any atom is -0.389 e. The molecule has 25 heavy (non-hydrogen) atoms. The van der Waals surface area contributed by atoms with Crippen molar-refractivity contribution >= 4 is 34.8 Å². The number of allylic oxidation sites excluding steroid dienone is 1. The maximum atomic E-state index is 4.39. The highest BCUT2D eigenvalue weighted by Gasteiger charge is 2.03. The maximum Gasteiger partial charge on any atom is 0.106 e. The topological polar surface area (TPSA) is 24.9 Å². The van der Waals surface area contributed by atoms with Gasteiger partial charge in [-0.1, -0.05) is 49.6 Å². The Labute approximate surface area is 163 Å². The first-order valence-corrected chi connectivity index (χ1v) is 14.5. The molecule has 142 valence electrons. The third-order valence-corrected chi connectivity index (χ3v) is 9.47. The van der Waals surface area contributed by atoms with Crippen LogP contribution in [-0.4, -0.2) is 42.6 Å². The summed E-state index contributed by atoms with van der Waals surface area (Å²) in [7, 11) is 3.58. The molecule has 1 heterocycles. The van der Waals surface area contributed by atoms with Crippen LogP contribution in [0.2, 0.25) is 0 Å². The van der Waals surface area contributed by atoms with Crippen LogP contribution in [-0.2, 0) is 0 Å². The lowest BCUT2D eigenvalue weighted by atomic mass is 10.1. The molecule has 1 unspecified atom stereocenters. The van der Waals surface area contributed by atoms with E-state index in [0.29, 0.717) is 0 Å². The summed E-state index contributed by atoms with van der Waals surface area (Å²) >= 11 is 0. The molecule has 0 aliphatic heterocycles. The second kappa shape index (κ2) is 13.8. The van der Waals surface area contributed by atoms with E-state index in [1.54, 1.807) is 10.8 Å². The summed E-state index contributed by atoms with van der Waals surface area (Å²) < 4.78 is 0. The highest BCUT2D eigenvalue weighted by Crippen LogP contribution is 2.40. The van der Waals surface area contributed by atoms with Gasteiger partial charge in [-0.25, -0.2) is 4.98 Å². The summed E-state index contributed by atoms with van der Waals surface area (Å²) in [6.07, 6.45) is 16.6. The molecule has 2 nitrogen and oxygen atoms in total. The van der Waals surface area contributed by atoms with Crippen LogP contribution in [0.25, 0.3) is 0 Å². The van der Waals surface area contributed by atoms with Gasteiger partial charge in [0.2, 0.25) is 0 Å². The van der Waals surface area contributed by atoms with Gasteiger partial charge >= 0.3 is 0 Å². The largest absolute Gasteiger partial charge is 0.389 e. The third kappa shape index (κ3) is 12.6. The quantitative estimate of drug-likeness (QED) is 0.211. The zero-order chi connectivity index (χ0) is 18.4. The number of hydrogen-bond acceptors (Lipinski definition) is 4. The Hall–Kier alpha value is -0.310. The van der Waals surface area contributed by atoms with Gasteiger partial charge in [-0.15, -0.1) is 13.2 Å². The molecule has 1 aromatic rings. The number of pyridine rings is 1. The van der Waals surface area contributed by atoms with Crippen molar-refractivity contribution in [2.24, 2.45) is 0 Å². The highest BCUT2D eigenvalue weighted by molar-refractivity contribution is 8.76. The van der Waals surface area contributed by atoms with Crippen molar-refractivity contribution in [3.05, 3.63) is 36.7 Å². The van der Waals surface area contributed by atoms with Gasteiger partial charge in [-0.05, 0) is 61.2 Å². The molecule has 5 heteroatoms. The summed E-state index contributed by atoms with van der Waals surface area (Å²) in [4.78, 5) is 4.31. The number of nitrogens with one attached hydrogen (secondary N) is 1. The van der Waals surface area contributed by atoms with E-state index in [1.165, 1.54) is 44.4 Å². The molecular formula is C20H35N2PS2. The molecule has 0 bridgehead atoms. The van der Waals surface area contributed by atoms with Crippen molar-refractivity contribution in [1.29, 1.82) is 0 Å². The average Bonchev–Trinajstić information content (AvgIpc) is 2.62. The Morgan fingerprint density at radius 2 is 1.96 bits per heavy atom. The van der Waals surface area contributed by atoms with E-state index < -0.39 is 6.89 Å². The number of rotatable bonds is 15. The zero-order valence-electron chi connectivity index (χ0n) is 16.0. The van der Waals surface area contributed by atoms with Crippen molar-refractivity contribution in [2.75, 3.05) is 31.3 Å². The molecular weight excluding hydrogens is 363 g/mol. The summed E-state index contributed by atoms with van der Waals surface area (Å²) in [5, 5.41) is 4.54. The lowest BCUT2D eigenvalue weighted by Crippen LogP contribution is -2.14. The second-order valence-corrected chi connectivity index (χ2v) is 13.5. The van der Waals surface area contributed by atoms with Gasteiger partial charge in [0.05, 0.1) is 0 Å². The van der Waals surface area contributed by atoms with Crippen LogP contribution >= 0.6 is 28.5 Å². The lowest BCUT2D eigenvalue weighted by Gasteiger charge is -2.16. The van der Waals surface area contributed by atoms with Crippen molar-refractivity contribution in [3.8, 4) is 0 Å². The fourth-order valence-corrected chi connectivity index (χ4v) is 5.56. The molecule has 1 rings (SSSR count). The number of aromatic nitrogens is 1. The molecule has 0 aliphatic rings. The Kier molecular flexibility index (Phi) is 12.6. The van der Waals surface area contributed by atoms with Crippen LogP contribution in [0.1, 0.15) is 45.4 Å². The van der Waals surface area contributed by atoms with E-state index in [9.17, 15) is 0 Å². The predicted octanol–water partition coefficient (Wildman–Crippen LogP) is 6.37. The minimum absolute atomic E-state index is 0.813. The van der Waals surface area contributed by atoms with Gasteiger partial charge in [0.25, 0.3) is 0 Å². The molecule has 0 saturated carbocycles. The second-order valence-electron chi connectivity index (χ2n) is 6.78. The van der Waals surface area contributed by atoms with Crippen LogP contribution < -0.4 is 5.32 Å². The summed E-state index contributed by atoms with van der Waals surface area (Å²) in [6, 6.07) is 6.02. The average molecular weight is 399 g/mol. The molecule has 0 aromatic carbocycles. The normalized spacial score (nSPS) is 13.4. The third-order valence-electron chi connectivity index (χ3n) is 4.28. The molecule has 0 saturated heterocycles. The molecule has 1 aromatic heterocycles. The fraction of sp³-hybridized carbons (Fsp3) is 0.600. The van der Waals surface area contributed by atoms with E-state index in [0.717, 1.165) is 29.4 Å². The van der Waals surface area contributed by atoms with E-state index in [2.05, 4.69) is 36.8 Å². The highest BCUT2D eigenvalue weighted by atomic mass is 33.1. The number of nitrogens with zero attached hydrogens (tertiary/aromatic N) is 1. The monoisotopic (exact) mass is 398 g/mol. The van der Waals surface area contributed by atoms with Gasteiger partial charge in [-0.2, -0.15) is 0 Å². The summed E-state index contributed by atoms with van der Waals surface area (Å²) in [6.45, 7) is 9.05. The molecule has 0 aliphatic carbocycles. The molecule has 0 spiro atoms. The van der Waals surface area contributed by atoms with Crippen LogP contribution in [0, 0.1) is 0 Å². The first-order chi connectivity index (χ1) is 12.0. The predicted molar refractivity (Wildman–Crippen MR) is 123 cm³/mol. The van der Waals surface area contributed by atoms with Gasteiger partial charge in [-0.3, -0.25) is 0 Å². The summed E-state index contributed by atoms with van der Waals surface area (Å²) in [5.74, 6) is 1.07. The number of unbranched alkanes of at least 4 members (excludes halogenated alkanes) is 4. The Bertz CT molecular complexity index is 520. The fourth-order valence-electron chi connectivity index (χ4n) is 2.32. The van der Waals surface area contributed by atoms with Gasteiger partial charge < -0.3 is 5.32 Å². The van der Waals surface area contributed by atoms with E-state index in [4.69, 9.17) is 0 Å². The van der Waals surface area contributed by atoms with E-state index in [-0.39, 0.29) is 0 Å². The Balaban J connectivity index is 1.89. The van der Waals surface area contributed by atoms with Crippen molar-refractivity contribution in [1.82, 2.24) is 10.3 Å². The van der Waals surface area contributed by atoms with Crippen molar-refractivity contribution in [2.45, 2.75) is 50.5 Å². The van der Waals surface area contributed by atoms with Gasteiger partial charge in [0.1, 0.15) is 5.03 Å². The maximum absolute atomic E-state index is 4.39. The van der Waals surface area contributed by atoms with Crippen molar-refractivity contribution < 1.29 is 0 Å². The summed E-state index contributed by atoms with van der Waals surface area (Å²) in [5.41, 5.74) is 1.16. The smallest absolute Gasteiger partial charge is 0.106 e. The zero-order valence-corrected chi connectivity index (χ0v) is 18.5. The van der Waals surface area contributed by atoms with Crippen molar-refractivity contribution in [3.63, 3.8) is 0 Å².